The molecule has 3 heteroatoms. The first-order valence-corrected chi connectivity index (χ1v) is 6.48. The fourth-order valence-electron chi connectivity index (χ4n) is 0.772. The van der Waals surface area contributed by atoms with Gasteiger partial charge in [-0.1, -0.05) is 56.2 Å². The second-order valence-electron chi connectivity index (χ2n) is 2.78. The van der Waals surface area contributed by atoms with Crippen LogP contribution in [0.15, 0.2) is 36.4 Å². The van der Waals surface area contributed by atoms with Gasteiger partial charge in [0.2, 0.25) is 0 Å². The molecule has 0 saturated heterocycles. The minimum Gasteiger partial charge on any atom is -0.413 e. The molecule has 0 atom stereocenters. The van der Waals surface area contributed by atoms with Gasteiger partial charge in [-0.15, -0.1) is 0 Å². The molecule has 0 bridgehead atoms. The van der Waals surface area contributed by atoms with Crippen molar-refractivity contribution in [3.8, 4) is 0 Å². The fourth-order valence-corrected chi connectivity index (χ4v) is 1.54. The summed E-state index contributed by atoms with van der Waals surface area (Å²) in [7, 11) is -2.19. The van der Waals surface area contributed by atoms with Gasteiger partial charge in [-0.3, -0.25) is 0 Å². The third kappa shape index (κ3) is 11.4. The summed E-state index contributed by atoms with van der Waals surface area (Å²) in [6.07, 6.45) is 2.02. The molecule has 2 nitrogen and oxygen atoms in total. The standard InChI is InChI=1S/C6H6.C4H12O2Si/c1-2-4-6-5-3-1;1-2-3-4-7(5)6/h1-6H;5-7H,2-4H2,1H3. The third-order valence-corrected chi connectivity index (χ3v) is 2.41. The number of benzene rings is 1. The van der Waals surface area contributed by atoms with Crippen molar-refractivity contribution < 1.29 is 9.59 Å². The molecule has 0 fully saturated rings. The number of hydrogen-bond acceptors (Lipinski definition) is 2. The SMILES string of the molecule is CCCC[SiH](O)O.c1ccccc1. The maximum Gasteiger partial charge on any atom is 0.315 e. The van der Waals surface area contributed by atoms with Crippen LogP contribution in [0, 0.1) is 0 Å². The van der Waals surface area contributed by atoms with Crippen molar-refractivity contribution in [2.75, 3.05) is 0 Å². The first kappa shape index (κ1) is 12.4. The zero-order valence-electron chi connectivity index (χ0n) is 8.06. The molecule has 74 valence electrons. The Morgan fingerprint density at radius 3 is 1.46 bits per heavy atom. The van der Waals surface area contributed by atoms with Gasteiger partial charge in [0.15, 0.2) is 0 Å². The Kier molecular flexibility index (Phi) is 8.98. The lowest BCUT2D eigenvalue weighted by molar-refractivity contribution is 0.403. The highest BCUT2D eigenvalue weighted by atomic mass is 28.3. The molecular formula is C10H18O2Si. The largest absolute Gasteiger partial charge is 0.413 e. The van der Waals surface area contributed by atoms with Crippen molar-refractivity contribution in [2.45, 2.75) is 25.8 Å². The molecule has 0 saturated carbocycles. The molecule has 0 unspecified atom stereocenters. The molecule has 13 heavy (non-hydrogen) atoms. The summed E-state index contributed by atoms with van der Waals surface area (Å²) in [5.74, 6) is 0. The van der Waals surface area contributed by atoms with E-state index in [2.05, 4.69) is 0 Å². The molecule has 0 heterocycles. The number of unbranched alkanes of at least 4 members (excludes halogenated alkanes) is 1. The van der Waals surface area contributed by atoms with Crippen LogP contribution in [0.25, 0.3) is 0 Å². The molecule has 0 aliphatic rings. The highest BCUT2D eigenvalue weighted by molar-refractivity contribution is 6.40. The van der Waals surface area contributed by atoms with Crippen LogP contribution in [0.5, 0.6) is 0 Å². The molecule has 0 spiro atoms. The van der Waals surface area contributed by atoms with Crippen LogP contribution in [-0.2, 0) is 0 Å². The number of hydrogen-bond donors (Lipinski definition) is 2. The topological polar surface area (TPSA) is 40.5 Å². The Morgan fingerprint density at radius 2 is 1.31 bits per heavy atom. The van der Waals surface area contributed by atoms with Gasteiger partial charge >= 0.3 is 9.28 Å². The molecule has 2 N–H and O–H groups in total. The van der Waals surface area contributed by atoms with Gasteiger partial charge < -0.3 is 9.59 Å². The second-order valence-corrected chi connectivity index (χ2v) is 4.32. The van der Waals surface area contributed by atoms with Crippen LogP contribution in [0.1, 0.15) is 19.8 Å². The molecule has 0 radical (unpaired) electrons. The lowest BCUT2D eigenvalue weighted by Crippen LogP contribution is -2.08. The first-order chi connectivity index (χ1) is 6.27. The highest BCUT2D eigenvalue weighted by Gasteiger charge is 1.97. The van der Waals surface area contributed by atoms with Crippen LogP contribution in [0.2, 0.25) is 6.04 Å². The van der Waals surface area contributed by atoms with Crippen LogP contribution >= 0.6 is 0 Å². The van der Waals surface area contributed by atoms with Crippen LogP contribution < -0.4 is 0 Å². The van der Waals surface area contributed by atoms with Gasteiger partial charge in [0.1, 0.15) is 0 Å². The van der Waals surface area contributed by atoms with Gasteiger partial charge in [0.25, 0.3) is 0 Å². The molecule has 1 aromatic carbocycles. The van der Waals surface area contributed by atoms with Crippen molar-refractivity contribution in [1.29, 1.82) is 0 Å². The number of rotatable bonds is 3. The van der Waals surface area contributed by atoms with Crippen molar-refractivity contribution in [2.24, 2.45) is 0 Å². The van der Waals surface area contributed by atoms with Crippen molar-refractivity contribution in [3.63, 3.8) is 0 Å². The van der Waals surface area contributed by atoms with E-state index < -0.39 is 9.28 Å². The molecule has 0 aromatic heterocycles. The fraction of sp³-hybridized carbons (Fsp3) is 0.400. The predicted octanol–water partition coefficient (Wildman–Crippen LogP) is 1.68. The van der Waals surface area contributed by atoms with E-state index in [1.807, 2.05) is 43.3 Å². The minimum atomic E-state index is -2.19. The first-order valence-electron chi connectivity index (χ1n) is 4.63. The molecule has 1 rings (SSSR count). The zero-order valence-corrected chi connectivity index (χ0v) is 9.21. The molecule has 0 aliphatic heterocycles. The quantitative estimate of drug-likeness (QED) is 0.725. The molecular weight excluding hydrogens is 180 g/mol. The Bertz CT molecular complexity index is 151. The Morgan fingerprint density at radius 1 is 0.923 bits per heavy atom. The lowest BCUT2D eigenvalue weighted by Gasteiger charge is -1.94. The normalized spacial score (nSPS) is 9.23. The van der Waals surface area contributed by atoms with Gasteiger partial charge in [0.05, 0.1) is 0 Å². The average molecular weight is 198 g/mol. The van der Waals surface area contributed by atoms with E-state index in [-0.39, 0.29) is 0 Å². The van der Waals surface area contributed by atoms with Gasteiger partial charge in [0, 0.05) is 0 Å². The molecule has 1 aromatic rings. The monoisotopic (exact) mass is 198 g/mol. The van der Waals surface area contributed by atoms with Crippen molar-refractivity contribution >= 4 is 9.28 Å². The maximum absolute atomic E-state index is 8.38. The summed E-state index contributed by atoms with van der Waals surface area (Å²) < 4.78 is 0. The summed E-state index contributed by atoms with van der Waals surface area (Å²) in [5.41, 5.74) is 0. The van der Waals surface area contributed by atoms with Gasteiger partial charge in [-0.25, -0.2) is 0 Å². The van der Waals surface area contributed by atoms with Gasteiger partial charge in [-0.05, 0) is 6.04 Å². The Hall–Kier alpha value is -0.643. The third-order valence-electron chi connectivity index (χ3n) is 1.48. The molecule has 0 aliphatic carbocycles. The maximum atomic E-state index is 8.38. The Labute approximate surface area is 81.7 Å². The van der Waals surface area contributed by atoms with Crippen LogP contribution in [-0.4, -0.2) is 18.9 Å². The summed E-state index contributed by atoms with van der Waals surface area (Å²) >= 11 is 0. The summed E-state index contributed by atoms with van der Waals surface area (Å²) in [6, 6.07) is 12.6. The van der Waals surface area contributed by atoms with Crippen LogP contribution in [0.4, 0.5) is 0 Å². The Balaban J connectivity index is 0.000000223. The van der Waals surface area contributed by atoms with E-state index in [0.717, 1.165) is 12.8 Å². The van der Waals surface area contributed by atoms with E-state index >= 15 is 0 Å². The second kappa shape index (κ2) is 9.44. The van der Waals surface area contributed by atoms with E-state index in [4.69, 9.17) is 9.59 Å². The van der Waals surface area contributed by atoms with E-state index in [1.54, 1.807) is 0 Å². The van der Waals surface area contributed by atoms with E-state index in [0.29, 0.717) is 6.04 Å². The van der Waals surface area contributed by atoms with E-state index in [9.17, 15) is 0 Å². The minimum absolute atomic E-state index is 0.649. The van der Waals surface area contributed by atoms with Crippen molar-refractivity contribution in [3.05, 3.63) is 36.4 Å². The highest BCUT2D eigenvalue weighted by Crippen LogP contribution is 1.94. The molecule has 0 amide bonds. The summed E-state index contributed by atoms with van der Waals surface area (Å²) in [5, 5.41) is 0. The summed E-state index contributed by atoms with van der Waals surface area (Å²) in [6.45, 7) is 2.04. The van der Waals surface area contributed by atoms with E-state index in [1.165, 1.54) is 0 Å². The van der Waals surface area contributed by atoms with Crippen molar-refractivity contribution in [1.82, 2.24) is 0 Å². The lowest BCUT2D eigenvalue weighted by atomic mass is 10.4. The zero-order chi connectivity index (χ0) is 9.94. The van der Waals surface area contributed by atoms with Gasteiger partial charge in [-0.2, -0.15) is 0 Å². The summed E-state index contributed by atoms with van der Waals surface area (Å²) in [4.78, 5) is 16.8. The predicted molar refractivity (Wildman–Crippen MR) is 57.7 cm³/mol. The smallest absolute Gasteiger partial charge is 0.315 e. The van der Waals surface area contributed by atoms with Crippen LogP contribution in [0.3, 0.4) is 0 Å². The average Bonchev–Trinajstić information content (AvgIpc) is 2.18.